The molecule has 1 saturated carbocycles. The van der Waals surface area contributed by atoms with E-state index in [9.17, 15) is 4.39 Å². The number of rotatable bonds is 2. The number of aromatic nitrogens is 2. The lowest BCUT2D eigenvalue weighted by molar-refractivity contribution is 0.602. The molecule has 1 aromatic heterocycles. The van der Waals surface area contributed by atoms with Gasteiger partial charge in [0.2, 0.25) is 5.95 Å². The lowest BCUT2D eigenvalue weighted by atomic mass is 10.1. The molecule has 3 rings (SSSR count). The Balaban J connectivity index is 1.81. The Kier molecular flexibility index (Phi) is 2.50. The van der Waals surface area contributed by atoms with Crippen molar-refractivity contribution < 1.29 is 4.39 Å². The first-order valence-electron chi connectivity index (χ1n) is 6.12. The summed E-state index contributed by atoms with van der Waals surface area (Å²) >= 11 is 0. The number of aromatic amines is 1. The zero-order chi connectivity index (χ0) is 11.8. The minimum atomic E-state index is -0.234. The van der Waals surface area contributed by atoms with Crippen LogP contribution in [0.15, 0.2) is 18.2 Å². The van der Waals surface area contributed by atoms with E-state index in [0.29, 0.717) is 6.04 Å². The van der Waals surface area contributed by atoms with Crippen molar-refractivity contribution in [3.63, 3.8) is 0 Å². The number of H-pyrrole nitrogens is 1. The highest BCUT2D eigenvalue weighted by Gasteiger charge is 2.21. The highest BCUT2D eigenvalue weighted by atomic mass is 19.1. The van der Waals surface area contributed by atoms with E-state index in [1.54, 1.807) is 6.07 Å². The maximum Gasteiger partial charge on any atom is 0.201 e. The summed E-state index contributed by atoms with van der Waals surface area (Å²) in [5.41, 5.74) is 1.55. The molecule has 0 aliphatic heterocycles. The van der Waals surface area contributed by atoms with Crippen LogP contribution in [0.25, 0.3) is 11.0 Å². The summed E-state index contributed by atoms with van der Waals surface area (Å²) in [4.78, 5) is 7.52. The van der Waals surface area contributed by atoms with Gasteiger partial charge in [-0.2, -0.15) is 0 Å². The van der Waals surface area contributed by atoms with Crippen molar-refractivity contribution in [1.82, 2.24) is 9.97 Å². The molecule has 1 aliphatic carbocycles. The molecular weight excluding hydrogens is 217 g/mol. The molecule has 1 aromatic carbocycles. The first-order valence-corrected chi connectivity index (χ1v) is 6.12. The standard InChI is InChI=1S/C13H16FN3/c1-8-2-4-10(6-8)15-13-16-11-5-3-9(14)7-12(11)17-13/h3,5,7-8,10H,2,4,6H2,1H3,(H2,15,16,17). The monoisotopic (exact) mass is 233 g/mol. The average molecular weight is 233 g/mol. The largest absolute Gasteiger partial charge is 0.353 e. The fraction of sp³-hybridized carbons (Fsp3) is 0.462. The third kappa shape index (κ3) is 2.12. The number of benzene rings is 1. The molecule has 90 valence electrons. The van der Waals surface area contributed by atoms with Gasteiger partial charge in [0, 0.05) is 6.04 Å². The van der Waals surface area contributed by atoms with Gasteiger partial charge in [0.05, 0.1) is 11.0 Å². The summed E-state index contributed by atoms with van der Waals surface area (Å²) in [6.45, 7) is 2.27. The van der Waals surface area contributed by atoms with E-state index in [1.807, 2.05) is 0 Å². The van der Waals surface area contributed by atoms with Gasteiger partial charge < -0.3 is 10.3 Å². The highest BCUT2D eigenvalue weighted by molar-refractivity contribution is 5.77. The van der Waals surface area contributed by atoms with Gasteiger partial charge in [-0.05, 0) is 43.4 Å². The molecule has 0 amide bonds. The zero-order valence-corrected chi connectivity index (χ0v) is 9.83. The van der Waals surface area contributed by atoms with Crippen LogP contribution in [-0.4, -0.2) is 16.0 Å². The molecule has 2 aromatic rings. The Morgan fingerprint density at radius 1 is 1.41 bits per heavy atom. The molecule has 1 aliphatic rings. The SMILES string of the molecule is CC1CCC(Nc2nc3ccc(F)cc3[nH]2)C1. The molecule has 2 N–H and O–H groups in total. The molecule has 17 heavy (non-hydrogen) atoms. The van der Waals surface area contributed by atoms with Gasteiger partial charge in [-0.25, -0.2) is 9.37 Å². The predicted octanol–water partition coefficient (Wildman–Crippen LogP) is 3.30. The lowest BCUT2D eigenvalue weighted by Crippen LogP contribution is -2.16. The molecule has 2 unspecified atom stereocenters. The summed E-state index contributed by atoms with van der Waals surface area (Å²) in [5, 5.41) is 3.39. The third-order valence-electron chi connectivity index (χ3n) is 3.48. The van der Waals surface area contributed by atoms with Crippen molar-refractivity contribution in [2.24, 2.45) is 5.92 Å². The topological polar surface area (TPSA) is 40.7 Å². The van der Waals surface area contributed by atoms with Crippen molar-refractivity contribution >= 4 is 17.0 Å². The molecule has 1 fully saturated rings. The Labute approximate surface area is 99.4 Å². The Morgan fingerprint density at radius 3 is 3.06 bits per heavy atom. The van der Waals surface area contributed by atoms with Crippen LogP contribution in [0.3, 0.4) is 0 Å². The molecule has 0 bridgehead atoms. The number of nitrogens with one attached hydrogen (secondary N) is 2. The van der Waals surface area contributed by atoms with Gasteiger partial charge in [-0.1, -0.05) is 6.92 Å². The average Bonchev–Trinajstić information content (AvgIpc) is 2.84. The second-order valence-corrected chi connectivity index (χ2v) is 5.01. The molecule has 1 heterocycles. The summed E-state index contributed by atoms with van der Waals surface area (Å²) in [5.74, 6) is 1.31. The quantitative estimate of drug-likeness (QED) is 0.835. The van der Waals surface area contributed by atoms with Crippen molar-refractivity contribution in [1.29, 1.82) is 0 Å². The smallest absolute Gasteiger partial charge is 0.201 e. The van der Waals surface area contributed by atoms with Crippen LogP contribution in [-0.2, 0) is 0 Å². The van der Waals surface area contributed by atoms with Crippen molar-refractivity contribution in [2.45, 2.75) is 32.2 Å². The Hall–Kier alpha value is -1.58. The normalized spacial score (nSPS) is 24.4. The first-order chi connectivity index (χ1) is 8.20. The van der Waals surface area contributed by atoms with E-state index in [2.05, 4.69) is 22.2 Å². The number of hydrogen-bond acceptors (Lipinski definition) is 2. The maximum atomic E-state index is 13.0. The second kappa shape index (κ2) is 4.02. The molecule has 0 spiro atoms. The molecule has 3 nitrogen and oxygen atoms in total. The van der Waals surface area contributed by atoms with E-state index in [-0.39, 0.29) is 5.82 Å². The number of hydrogen-bond donors (Lipinski definition) is 2. The molecular formula is C13H16FN3. The number of nitrogens with zero attached hydrogens (tertiary/aromatic N) is 1. The minimum Gasteiger partial charge on any atom is -0.353 e. The van der Waals surface area contributed by atoms with Crippen LogP contribution in [0, 0.1) is 11.7 Å². The summed E-state index contributed by atoms with van der Waals surface area (Å²) < 4.78 is 13.0. The minimum absolute atomic E-state index is 0.234. The van der Waals surface area contributed by atoms with Crippen molar-refractivity contribution in [3.05, 3.63) is 24.0 Å². The van der Waals surface area contributed by atoms with Gasteiger partial charge >= 0.3 is 0 Å². The van der Waals surface area contributed by atoms with Gasteiger partial charge in [0.15, 0.2) is 0 Å². The third-order valence-corrected chi connectivity index (χ3v) is 3.48. The second-order valence-electron chi connectivity index (χ2n) is 5.01. The molecule has 2 atom stereocenters. The van der Waals surface area contributed by atoms with Crippen LogP contribution >= 0.6 is 0 Å². The number of fused-ring (bicyclic) bond motifs is 1. The van der Waals surface area contributed by atoms with Gasteiger partial charge in [0.1, 0.15) is 5.82 Å². The van der Waals surface area contributed by atoms with Crippen LogP contribution in [0.4, 0.5) is 10.3 Å². The Bertz CT molecular complexity index is 534. The first kappa shape index (κ1) is 10.6. The summed E-state index contributed by atoms with van der Waals surface area (Å²) in [7, 11) is 0. The zero-order valence-electron chi connectivity index (χ0n) is 9.83. The van der Waals surface area contributed by atoms with E-state index in [0.717, 1.165) is 22.9 Å². The van der Waals surface area contributed by atoms with E-state index in [1.165, 1.54) is 31.4 Å². The fourth-order valence-corrected chi connectivity index (χ4v) is 2.58. The molecule has 0 saturated heterocycles. The lowest BCUT2D eigenvalue weighted by Gasteiger charge is -2.10. The van der Waals surface area contributed by atoms with Crippen molar-refractivity contribution in [3.8, 4) is 0 Å². The van der Waals surface area contributed by atoms with Gasteiger partial charge in [-0.15, -0.1) is 0 Å². The van der Waals surface area contributed by atoms with Crippen LogP contribution in [0.2, 0.25) is 0 Å². The number of halogens is 1. The number of imidazole rings is 1. The van der Waals surface area contributed by atoms with Gasteiger partial charge in [-0.3, -0.25) is 0 Å². The Morgan fingerprint density at radius 2 is 2.29 bits per heavy atom. The van der Waals surface area contributed by atoms with Crippen molar-refractivity contribution in [2.75, 3.05) is 5.32 Å². The van der Waals surface area contributed by atoms with E-state index >= 15 is 0 Å². The summed E-state index contributed by atoms with van der Waals surface area (Å²) in [6, 6.07) is 5.11. The molecule has 0 radical (unpaired) electrons. The fourth-order valence-electron chi connectivity index (χ4n) is 2.58. The predicted molar refractivity (Wildman–Crippen MR) is 66.5 cm³/mol. The highest BCUT2D eigenvalue weighted by Crippen LogP contribution is 2.27. The van der Waals surface area contributed by atoms with Crippen LogP contribution < -0.4 is 5.32 Å². The van der Waals surface area contributed by atoms with E-state index < -0.39 is 0 Å². The maximum absolute atomic E-state index is 13.0. The van der Waals surface area contributed by atoms with Gasteiger partial charge in [0.25, 0.3) is 0 Å². The molecule has 4 heteroatoms. The number of anilines is 1. The van der Waals surface area contributed by atoms with E-state index in [4.69, 9.17) is 0 Å². The van der Waals surface area contributed by atoms with Crippen LogP contribution in [0.1, 0.15) is 26.2 Å². The summed E-state index contributed by atoms with van der Waals surface area (Å²) in [6.07, 6.45) is 3.64. The van der Waals surface area contributed by atoms with Crippen LogP contribution in [0.5, 0.6) is 0 Å².